The van der Waals surface area contributed by atoms with E-state index in [0.29, 0.717) is 23.9 Å². The topological polar surface area (TPSA) is 57.6 Å². The average molecular weight is 328 g/mol. The quantitative estimate of drug-likeness (QED) is 0.903. The molecule has 1 heterocycles. The fraction of sp³-hybridized carbons (Fsp3) is 0.467. The molecule has 2 rings (SSSR count). The number of carboxylic acids is 1. The van der Waals surface area contributed by atoms with E-state index in [9.17, 15) is 9.59 Å². The van der Waals surface area contributed by atoms with E-state index < -0.39 is 11.9 Å². The number of likely N-dealkylation sites (tertiary alicyclic amines) is 1. The van der Waals surface area contributed by atoms with Gasteiger partial charge in [-0.2, -0.15) is 0 Å². The molecule has 0 aromatic heterocycles. The van der Waals surface area contributed by atoms with Crippen molar-refractivity contribution < 1.29 is 14.7 Å². The van der Waals surface area contributed by atoms with Crippen LogP contribution in [0.5, 0.6) is 0 Å². The van der Waals surface area contributed by atoms with Gasteiger partial charge in [0.15, 0.2) is 0 Å². The third kappa shape index (κ3) is 4.38. The van der Waals surface area contributed by atoms with Crippen LogP contribution in [0.15, 0.2) is 24.3 Å². The van der Waals surface area contributed by atoms with Crippen molar-refractivity contribution in [1.82, 2.24) is 4.90 Å². The monoisotopic (exact) mass is 327 g/mol. The highest BCUT2D eigenvalue weighted by molar-refractivity contribution is 7.99. The van der Waals surface area contributed by atoms with E-state index in [-0.39, 0.29) is 11.8 Å². The summed E-state index contributed by atoms with van der Waals surface area (Å²) in [6, 6.07) is 7.55. The second-order valence-corrected chi connectivity index (χ2v) is 6.76. The number of halogens is 1. The predicted molar refractivity (Wildman–Crippen MR) is 84.5 cm³/mol. The summed E-state index contributed by atoms with van der Waals surface area (Å²) < 4.78 is 0. The molecule has 21 heavy (non-hydrogen) atoms. The van der Waals surface area contributed by atoms with Crippen LogP contribution in [-0.2, 0) is 15.3 Å². The van der Waals surface area contributed by atoms with Crippen LogP contribution < -0.4 is 0 Å². The number of carbonyl (C=O) groups is 2. The molecule has 1 aliphatic heterocycles. The van der Waals surface area contributed by atoms with Gasteiger partial charge >= 0.3 is 5.97 Å². The molecule has 0 spiro atoms. The number of carboxylic acid groups (broad SMARTS) is 1. The van der Waals surface area contributed by atoms with E-state index in [2.05, 4.69) is 0 Å². The summed E-state index contributed by atoms with van der Waals surface area (Å²) in [7, 11) is 0. The molecule has 0 aliphatic carbocycles. The first kappa shape index (κ1) is 16.2. The Hall–Kier alpha value is -1.20. The van der Waals surface area contributed by atoms with Crippen LogP contribution in [0.1, 0.15) is 12.5 Å². The molecule has 1 N–H and O–H groups in total. The zero-order valence-electron chi connectivity index (χ0n) is 11.8. The first-order chi connectivity index (χ1) is 9.97. The normalized spacial score (nSPS) is 21.5. The number of carbonyl (C=O) groups excluding carboxylic acids is 1. The van der Waals surface area contributed by atoms with Gasteiger partial charge in [-0.15, -0.1) is 11.8 Å². The van der Waals surface area contributed by atoms with Gasteiger partial charge in [-0.05, 0) is 23.6 Å². The van der Waals surface area contributed by atoms with Gasteiger partial charge in [0.1, 0.15) is 0 Å². The van der Waals surface area contributed by atoms with Crippen molar-refractivity contribution in [3.05, 3.63) is 34.9 Å². The van der Waals surface area contributed by atoms with E-state index in [1.807, 2.05) is 31.2 Å². The minimum Gasteiger partial charge on any atom is -0.481 e. The number of rotatable bonds is 5. The van der Waals surface area contributed by atoms with Crippen LogP contribution in [0, 0.1) is 11.8 Å². The first-order valence-corrected chi connectivity index (χ1v) is 8.33. The first-order valence-electron chi connectivity index (χ1n) is 6.80. The Morgan fingerprint density at radius 3 is 2.57 bits per heavy atom. The Balaban J connectivity index is 1.77. The summed E-state index contributed by atoms with van der Waals surface area (Å²) in [4.78, 5) is 24.8. The summed E-state index contributed by atoms with van der Waals surface area (Å²) in [5.74, 6) is -0.0878. The Kier molecular flexibility index (Phi) is 5.53. The molecule has 1 aliphatic rings. The molecule has 0 radical (unpaired) electrons. The number of amides is 1. The summed E-state index contributed by atoms with van der Waals surface area (Å²) in [5, 5.41) is 9.78. The third-order valence-electron chi connectivity index (χ3n) is 3.69. The minimum absolute atomic E-state index is 0.0181. The van der Waals surface area contributed by atoms with Crippen molar-refractivity contribution in [2.24, 2.45) is 11.8 Å². The van der Waals surface area contributed by atoms with Crippen molar-refractivity contribution in [1.29, 1.82) is 0 Å². The molecule has 0 bridgehead atoms. The Morgan fingerprint density at radius 2 is 2.00 bits per heavy atom. The van der Waals surface area contributed by atoms with Crippen LogP contribution >= 0.6 is 23.4 Å². The fourth-order valence-corrected chi connectivity index (χ4v) is 3.43. The van der Waals surface area contributed by atoms with Crippen molar-refractivity contribution in [3.63, 3.8) is 0 Å². The largest absolute Gasteiger partial charge is 0.481 e. The van der Waals surface area contributed by atoms with Gasteiger partial charge in [0.25, 0.3) is 0 Å². The molecule has 1 aromatic rings. The molecule has 6 heteroatoms. The maximum atomic E-state index is 12.1. The van der Waals surface area contributed by atoms with E-state index in [1.165, 1.54) is 11.8 Å². The van der Waals surface area contributed by atoms with Crippen LogP contribution in [-0.4, -0.2) is 40.7 Å². The molecule has 2 atom stereocenters. The minimum atomic E-state index is -0.813. The second kappa shape index (κ2) is 7.18. The summed E-state index contributed by atoms with van der Waals surface area (Å²) >= 11 is 7.36. The highest BCUT2D eigenvalue weighted by Crippen LogP contribution is 2.24. The number of benzene rings is 1. The molecular formula is C15H18ClNO3S. The molecule has 1 aromatic carbocycles. The number of hydrogen-bond acceptors (Lipinski definition) is 3. The lowest BCUT2D eigenvalue weighted by Crippen LogP contribution is -2.31. The lowest BCUT2D eigenvalue weighted by molar-refractivity contribution is -0.142. The average Bonchev–Trinajstić information content (AvgIpc) is 2.83. The third-order valence-corrected chi connectivity index (χ3v) is 4.93. The zero-order valence-corrected chi connectivity index (χ0v) is 13.4. The van der Waals surface area contributed by atoms with Crippen LogP contribution in [0.4, 0.5) is 0 Å². The smallest absolute Gasteiger partial charge is 0.308 e. The predicted octanol–water partition coefficient (Wildman–Crippen LogP) is 2.75. The maximum absolute atomic E-state index is 12.1. The van der Waals surface area contributed by atoms with E-state index in [1.54, 1.807) is 4.90 Å². The van der Waals surface area contributed by atoms with Gasteiger partial charge in [0.05, 0.1) is 11.7 Å². The van der Waals surface area contributed by atoms with Gasteiger partial charge in [-0.3, -0.25) is 9.59 Å². The summed E-state index contributed by atoms with van der Waals surface area (Å²) in [6.45, 7) is 2.75. The van der Waals surface area contributed by atoms with Crippen LogP contribution in [0.25, 0.3) is 0 Å². The van der Waals surface area contributed by atoms with Gasteiger partial charge in [-0.1, -0.05) is 30.7 Å². The van der Waals surface area contributed by atoms with Gasteiger partial charge in [0.2, 0.25) is 5.91 Å². The van der Waals surface area contributed by atoms with E-state index in [0.717, 1.165) is 11.3 Å². The molecular weight excluding hydrogens is 310 g/mol. The number of aliphatic carboxylic acids is 1. The SMILES string of the molecule is CC1CN(C(=O)CSCc2ccc(Cl)cc2)CC1C(=O)O. The standard InChI is InChI=1S/C15H18ClNO3S/c1-10-6-17(7-13(10)15(19)20)14(18)9-21-8-11-2-4-12(16)5-3-11/h2-5,10,13H,6-9H2,1H3,(H,19,20). The molecule has 114 valence electrons. The highest BCUT2D eigenvalue weighted by atomic mass is 35.5. The Labute approximate surface area is 133 Å². The summed E-state index contributed by atoms with van der Waals surface area (Å²) in [5.41, 5.74) is 1.12. The van der Waals surface area contributed by atoms with Gasteiger partial charge in [-0.25, -0.2) is 0 Å². The zero-order chi connectivity index (χ0) is 15.4. The van der Waals surface area contributed by atoms with Crippen molar-refractivity contribution >= 4 is 35.2 Å². The number of thioether (sulfide) groups is 1. The molecule has 4 nitrogen and oxygen atoms in total. The molecule has 1 fully saturated rings. The molecule has 0 saturated carbocycles. The van der Waals surface area contributed by atoms with E-state index in [4.69, 9.17) is 16.7 Å². The fourth-order valence-electron chi connectivity index (χ4n) is 2.42. The highest BCUT2D eigenvalue weighted by Gasteiger charge is 2.36. The van der Waals surface area contributed by atoms with Gasteiger partial charge < -0.3 is 10.0 Å². The molecule has 2 unspecified atom stereocenters. The lowest BCUT2D eigenvalue weighted by atomic mass is 9.99. The molecule has 1 amide bonds. The van der Waals surface area contributed by atoms with Crippen molar-refractivity contribution in [3.8, 4) is 0 Å². The lowest BCUT2D eigenvalue weighted by Gasteiger charge is -2.15. The second-order valence-electron chi connectivity index (χ2n) is 5.34. The maximum Gasteiger partial charge on any atom is 0.308 e. The molecule has 1 saturated heterocycles. The summed E-state index contributed by atoms with van der Waals surface area (Å²) in [6.07, 6.45) is 0. The van der Waals surface area contributed by atoms with E-state index >= 15 is 0 Å². The van der Waals surface area contributed by atoms with Crippen LogP contribution in [0.3, 0.4) is 0 Å². The van der Waals surface area contributed by atoms with Crippen LogP contribution in [0.2, 0.25) is 5.02 Å². The number of hydrogen-bond donors (Lipinski definition) is 1. The van der Waals surface area contributed by atoms with Crippen molar-refractivity contribution in [2.45, 2.75) is 12.7 Å². The number of nitrogens with zero attached hydrogens (tertiary/aromatic N) is 1. The van der Waals surface area contributed by atoms with Crippen molar-refractivity contribution in [2.75, 3.05) is 18.8 Å². The Bertz CT molecular complexity index is 520. The Morgan fingerprint density at radius 1 is 1.33 bits per heavy atom. The van der Waals surface area contributed by atoms with Gasteiger partial charge in [0, 0.05) is 23.9 Å².